The van der Waals surface area contributed by atoms with Crippen LogP contribution in [0.1, 0.15) is 48.9 Å². The largest absolute Gasteiger partial charge is 0.449 e. The normalized spacial score (nSPS) is 17.0. The summed E-state index contributed by atoms with van der Waals surface area (Å²) in [6.07, 6.45) is 4.32. The number of amides is 1. The molecule has 2 aromatic carbocycles. The van der Waals surface area contributed by atoms with Gasteiger partial charge >= 0.3 is 6.09 Å². The molecule has 2 aromatic rings. The molecule has 1 aliphatic heterocycles. The molecule has 1 unspecified atom stereocenters. The van der Waals surface area contributed by atoms with Gasteiger partial charge in [0.25, 0.3) is 0 Å². The number of rotatable bonds is 4. The molecule has 0 bridgehead atoms. The Balaban J connectivity index is 2.04. The van der Waals surface area contributed by atoms with Gasteiger partial charge in [0.2, 0.25) is 0 Å². The van der Waals surface area contributed by atoms with Crippen LogP contribution in [0.4, 0.5) is 10.5 Å². The number of halogens is 1. The van der Waals surface area contributed by atoms with Crippen molar-refractivity contribution >= 4 is 29.0 Å². The van der Waals surface area contributed by atoms with E-state index in [4.69, 9.17) is 22.1 Å². The molecule has 0 aliphatic carbocycles. The first-order chi connectivity index (χ1) is 13.5. The third-order valence-electron chi connectivity index (χ3n) is 4.98. The van der Waals surface area contributed by atoms with Crippen molar-refractivity contribution in [3.8, 4) is 0 Å². The van der Waals surface area contributed by atoms with Crippen LogP contribution in [0.2, 0.25) is 5.02 Å². The van der Waals surface area contributed by atoms with E-state index in [1.807, 2.05) is 24.0 Å². The average molecular weight is 399 g/mol. The van der Waals surface area contributed by atoms with Crippen molar-refractivity contribution in [2.75, 3.05) is 18.9 Å². The molecule has 0 fully saturated rings. The molecule has 0 radical (unpaired) electrons. The number of benzene rings is 2. The quantitative estimate of drug-likeness (QED) is 0.642. The Morgan fingerprint density at radius 3 is 2.71 bits per heavy atom. The van der Waals surface area contributed by atoms with E-state index in [9.17, 15) is 4.79 Å². The molecular formula is C23H27ClN2O2. The number of nitrogens with zero attached hydrogens (tertiary/aromatic N) is 1. The molecule has 4 nitrogen and oxygen atoms in total. The fourth-order valence-corrected chi connectivity index (χ4v) is 3.66. The fraction of sp³-hybridized carbons (Fsp3) is 0.348. The molecule has 28 heavy (non-hydrogen) atoms. The lowest BCUT2D eigenvalue weighted by molar-refractivity contribution is 0.0936. The number of anilines is 1. The van der Waals surface area contributed by atoms with Crippen molar-refractivity contribution in [1.82, 2.24) is 4.90 Å². The highest BCUT2D eigenvalue weighted by Gasteiger charge is 2.28. The Bertz CT molecular complexity index is 861. The van der Waals surface area contributed by atoms with E-state index in [0.717, 1.165) is 36.0 Å². The average Bonchev–Trinajstić information content (AvgIpc) is 2.91. The molecular weight excluding hydrogens is 372 g/mol. The topological polar surface area (TPSA) is 55.6 Å². The van der Waals surface area contributed by atoms with Crippen molar-refractivity contribution in [3.63, 3.8) is 0 Å². The van der Waals surface area contributed by atoms with Crippen LogP contribution in [0.25, 0.3) is 5.57 Å². The zero-order valence-electron chi connectivity index (χ0n) is 16.5. The number of hydrogen-bond acceptors (Lipinski definition) is 3. The van der Waals surface area contributed by atoms with Gasteiger partial charge in [0.05, 0.1) is 12.6 Å². The van der Waals surface area contributed by atoms with Gasteiger partial charge in [-0.1, -0.05) is 54.4 Å². The van der Waals surface area contributed by atoms with E-state index in [0.29, 0.717) is 23.9 Å². The number of nitrogen functional groups attached to an aromatic ring is 1. The van der Waals surface area contributed by atoms with Crippen molar-refractivity contribution < 1.29 is 9.53 Å². The van der Waals surface area contributed by atoms with Crippen LogP contribution in [0.3, 0.4) is 0 Å². The SMILES string of the molecule is CCCOC(=O)N1CCCC(c2cc(Cl)ccc2N)=CC1c1ccc(C)cc1. The van der Waals surface area contributed by atoms with E-state index >= 15 is 0 Å². The zero-order chi connectivity index (χ0) is 20.1. The van der Waals surface area contributed by atoms with Crippen molar-refractivity contribution in [2.45, 2.75) is 39.2 Å². The third-order valence-corrected chi connectivity index (χ3v) is 5.22. The lowest BCUT2D eigenvalue weighted by Crippen LogP contribution is -2.35. The molecule has 2 N–H and O–H groups in total. The molecule has 1 heterocycles. The number of carbonyl (C=O) groups is 1. The van der Waals surface area contributed by atoms with Gasteiger partial charge in [0, 0.05) is 22.8 Å². The van der Waals surface area contributed by atoms with E-state index in [2.05, 4.69) is 37.3 Å². The third kappa shape index (κ3) is 4.68. The first-order valence-electron chi connectivity index (χ1n) is 9.75. The van der Waals surface area contributed by atoms with Crippen molar-refractivity contribution in [1.29, 1.82) is 0 Å². The maximum atomic E-state index is 12.8. The summed E-state index contributed by atoms with van der Waals surface area (Å²) in [5.41, 5.74) is 11.2. The number of ether oxygens (including phenoxy) is 1. The standard InChI is InChI=1S/C23H27ClN2O2/c1-3-13-28-23(27)26-12-4-5-18(20-15-19(24)10-11-21(20)25)14-22(26)17-8-6-16(2)7-9-17/h6-11,14-15,22H,3-5,12-13,25H2,1-2H3. The molecule has 1 amide bonds. The summed E-state index contributed by atoms with van der Waals surface area (Å²) < 4.78 is 5.46. The minimum atomic E-state index is -0.274. The van der Waals surface area contributed by atoms with Gasteiger partial charge < -0.3 is 10.5 Å². The van der Waals surface area contributed by atoms with E-state index in [1.165, 1.54) is 5.56 Å². The van der Waals surface area contributed by atoms with Gasteiger partial charge in [0.1, 0.15) is 0 Å². The summed E-state index contributed by atoms with van der Waals surface area (Å²) in [5, 5.41) is 0.653. The van der Waals surface area contributed by atoms with Crippen LogP contribution in [-0.4, -0.2) is 24.1 Å². The molecule has 3 rings (SSSR count). The number of aryl methyl sites for hydroxylation is 1. The van der Waals surface area contributed by atoms with Crippen LogP contribution < -0.4 is 5.73 Å². The predicted octanol–water partition coefficient (Wildman–Crippen LogP) is 6.00. The van der Waals surface area contributed by atoms with E-state index in [1.54, 1.807) is 6.07 Å². The van der Waals surface area contributed by atoms with Crippen molar-refractivity contribution in [2.24, 2.45) is 0 Å². The number of nitrogens with two attached hydrogens (primary N) is 1. The molecule has 148 valence electrons. The highest BCUT2D eigenvalue weighted by atomic mass is 35.5. The van der Waals surface area contributed by atoms with E-state index in [-0.39, 0.29) is 12.1 Å². The smallest absolute Gasteiger partial charge is 0.410 e. The minimum absolute atomic E-state index is 0.208. The van der Waals surface area contributed by atoms with Crippen LogP contribution in [0, 0.1) is 6.92 Å². The van der Waals surface area contributed by atoms with Gasteiger partial charge in [-0.15, -0.1) is 0 Å². The predicted molar refractivity (Wildman–Crippen MR) is 115 cm³/mol. The second kappa shape index (κ2) is 9.16. The molecule has 5 heteroatoms. The van der Waals surface area contributed by atoms with Crippen LogP contribution in [-0.2, 0) is 4.74 Å². The number of allylic oxidation sites excluding steroid dienone is 1. The molecule has 0 saturated heterocycles. The molecule has 1 aliphatic rings. The Morgan fingerprint density at radius 2 is 2.00 bits per heavy atom. The molecule has 0 saturated carbocycles. The maximum absolute atomic E-state index is 12.8. The maximum Gasteiger partial charge on any atom is 0.410 e. The highest BCUT2D eigenvalue weighted by Crippen LogP contribution is 2.36. The molecule has 1 atom stereocenters. The Morgan fingerprint density at radius 1 is 1.25 bits per heavy atom. The lowest BCUT2D eigenvalue weighted by Gasteiger charge is -2.28. The van der Waals surface area contributed by atoms with Gasteiger partial charge in [-0.2, -0.15) is 0 Å². The summed E-state index contributed by atoms with van der Waals surface area (Å²) in [4.78, 5) is 14.6. The molecule has 0 aromatic heterocycles. The Kier molecular flexibility index (Phi) is 6.63. The van der Waals surface area contributed by atoms with Gasteiger partial charge in [0.15, 0.2) is 0 Å². The summed E-state index contributed by atoms with van der Waals surface area (Å²) in [5.74, 6) is 0. The summed E-state index contributed by atoms with van der Waals surface area (Å²) in [7, 11) is 0. The second-order valence-electron chi connectivity index (χ2n) is 7.19. The first kappa shape index (κ1) is 20.3. The second-order valence-corrected chi connectivity index (χ2v) is 7.63. The van der Waals surface area contributed by atoms with Crippen LogP contribution >= 0.6 is 11.6 Å². The Labute approximate surface area is 171 Å². The number of hydrogen-bond donors (Lipinski definition) is 1. The number of carbonyl (C=O) groups excluding carboxylic acids is 1. The highest BCUT2D eigenvalue weighted by molar-refractivity contribution is 6.30. The first-order valence-corrected chi connectivity index (χ1v) is 10.1. The fourth-order valence-electron chi connectivity index (χ4n) is 3.49. The Hall–Kier alpha value is -2.46. The van der Waals surface area contributed by atoms with Gasteiger partial charge in [-0.25, -0.2) is 4.79 Å². The summed E-state index contributed by atoms with van der Waals surface area (Å²) >= 11 is 6.22. The van der Waals surface area contributed by atoms with Crippen molar-refractivity contribution in [3.05, 3.63) is 70.3 Å². The summed E-state index contributed by atoms with van der Waals surface area (Å²) in [6, 6.07) is 13.6. The summed E-state index contributed by atoms with van der Waals surface area (Å²) in [6.45, 7) is 5.10. The lowest BCUT2D eigenvalue weighted by atomic mass is 9.96. The molecule has 0 spiro atoms. The minimum Gasteiger partial charge on any atom is -0.449 e. The van der Waals surface area contributed by atoms with Crippen LogP contribution in [0.5, 0.6) is 0 Å². The van der Waals surface area contributed by atoms with E-state index < -0.39 is 0 Å². The zero-order valence-corrected chi connectivity index (χ0v) is 17.2. The van der Waals surface area contributed by atoms with Gasteiger partial charge in [-0.3, -0.25) is 4.90 Å². The monoisotopic (exact) mass is 398 g/mol. The van der Waals surface area contributed by atoms with Gasteiger partial charge in [-0.05, 0) is 55.5 Å². The van der Waals surface area contributed by atoms with Crippen LogP contribution in [0.15, 0.2) is 48.5 Å².